The van der Waals surface area contributed by atoms with E-state index in [-0.39, 0.29) is 12.1 Å². The molecule has 0 unspecified atom stereocenters. The van der Waals surface area contributed by atoms with Crippen molar-refractivity contribution in [3.63, 3.8) is 0 Å². The third-order valence-corrected chi connectivity index (χ3v) is 6.52. The molecule has 2 atom stereocenters. The summed E-state index contributed by atoms with van der Waals surface area (Å²) in [7, 11) is 0. The molecule has 0 saturated carbocycles. The van der Waals surface area contributed by atoms with E-state index in [0.717, 1.165) is 34.2 Å². The highest BCUT2D eigenvalue weighted by atomic mass is 32.1. The zero-order valence-corrected chi connectivity index (χ0v) is 19.8. The van der Waals surface area contributed by atoms with Gasteiger partial charge in [0.25, 0.3) is 0 Å². The number of aromatic nitrogens is 4. The lowest BCUT2D eigenvalue weighted by Crippen LogP contribution is -2.29. The molecule has 33 heavy (non-hydrogen) atoms. The maximum atomic E-state index is 5.82. The summed E-state index contributed by atoms with van der Waals surface area (Å²) in [4.78, 5) is 16.1. The minimum atomic E-state index is -0.0673. The lowest BCUT2D eigenvalue weighted by Gasteiger charge is -2.28. The van der Waals surface area contributed by atoms with Gasteiger partial charge in [0.2, 0.25) is 0 Å². The van der Waals surface area contributed by atoms with Crippen molar-refractivity contribution in [1.29, 1.82) is 0 Å². The fraction of sp³-hybridized carbons (Fsp3) is 0.231. The second kappa shape index (κ2) is 8.75. The van der Waals surface area contributed by atoms with Gasteiger partial charge in [0.1, 0.15) is 5.82 Å². The average molecular weight is 455 g/mol. The Morgan fingerprint density at radius 2 is 1.73 bits per heavy atom. The van der Waals surface area contributed by atoms with E-state index in [1.165, 1.54) is 5.56 Å². The van der Waals surface area contributed by atoms with Gasteiger partial charge < -0.3 is 14.8 Å². The molecule has 4 aromatic heterocycles. The number of thiocarbonyl (C=S) groups is 1. The minimum absolute atomic E-state index is 0.0280. The van der Waals surface area contributed by atoms with Gasteiger partial charge in [-0.15, -0.1) is 0 Å². The van der Waals surface area contributed by atoms with Gasteiger partial charge in [-0.25, -0.2) is 4.98 Å². The topological polar surface area (TPSA) is 58.9 Å². The van der Waals surface area contributed by atoms with Gasteiger partial charge in [-0.2, -0.15) is 0 Å². The fourth-order valence-electron chi connectivity index (χ4n) is 4.61. The Hall–Kier alpha value is -3.58. The first-order valence-electron chi connectivity index (χ1n) is 11.0. The SMILES string of the molecule is Cc1ccc(-n2c(C)cc([C@@H]3[C@H](c4ccccn4)NC(=S)N3Cc3ccccn3)c2C)nc1. The van der Waals surface area contributed by atoms with Gasteiger partial charge in [-0.05, 0) is 80.5 Å². The van der Waals surface area contributed by atoms with E-state index in [1.54, 1.807) is 0 Å². The molecule has 0 amide bonds. The Balaban J connectivity index is 1.61. The molecule has 1 N–H and O–H groups in total. The molecule has 1 saturated heterocycles. The van der Waals surface area contributed by atoms with Gasteiger partial charge in [0.05, 0.1) is 30.0 Å². The number of nitrogens with one attached hydrogen (secondary N) is 1. The monoisotopic (exact) mass is 454 g/mol. The molecule has 0 spiro atoms. The average Bonchev–Trinajstić information content (AvgIpc) is 3.31. The number of hydrogen-bond donors (Lipinski definition) is 1. The van der Waals surface area contributed by atoms with Crippen molar-refractivity contribution in [3.8, 4) is 5.82 Å². The summed E-state index contributed by atoms with van der Waals surface area (Å²) in [6.45, 7) is 6.94. The minimum Gasteiger partial charge on any atom is -0.352 e. The van der Waals surface area contributed by atoms with Crippen LogP contribution in [0.15, 0.2) is 73.2 Å². The van der Waals surface area contributed by atoms with Crippen LogP contribution in [0.25, 0.3) is 5.82 Å². The van der Waals surface area contributed by atoms with Gasteiger partial charge in [-0.3, -0.25) is 9.97 Å². The summed E-state index contributed by atoms with van der Waals surface area (Å²) < 4.78 is 2.21. The van der Waals surface area contributed by atoms with Gasteiger partial charge in [0.15, 0.2) is 5.11 Å². The molecule has 1 aliphatic rings. The van der Waals surface area contributed by atoms with Crippen molar-refractivity contribution >= 4 is 17.3 Å². The Bertz CT molecular complexity index is 1270. The Kier molecular flexibility index (Phi) is 5.64. The summed E-state index contributed by atoms with van der Waals surface area (Å²) in [5.41, 5.74) is 6.56. The van der Waals surface area contributed by atoms with E-state index in [0.29, 0.717) is 11.7 Å². The highest BCUT2D eigenvalue weighted by Crippen LogP contribution is 2.41. The van der Waals surface area contributed by atoms with Crippen molar-refractivity contribution in [2.45, 2.75) is 39.4 Å². The van der Waals surface area contributed by atoms with Crippen LogP contribution >= 0.6 is 12.2 Å². The van der Waals surface area contributed by atoms with E-state index in [2.05, 4.69) is 74.8 Å². The highest BCUT2D eigenvalue weighted by Gasteiger charge is 2.41. The van der Waals surface area contributed by atoms with Crippen molar-refractivity contribution in [3.05, 3.63) is 107 Å². The zero-order chi connectivity index (χ0) is 22.9. The molecule has 0 aliphatic carbocycles. The molecule has 0 bridgehead atoms. The second-order valence-electron chi connectivity index (χ2n) is 8.43. The predicted octanol–water partition coefficient (Wildman–Crippen LogP) is 4.76. The number of rotatable bonds is 5. The van der Waals surface area contributed by atoms with Gasteiger partial charge in [0, 0.05) is 30.0 Å². The quantitative estimate of drug-likeness (QED) is 0.439. The van der Waals surface area contributed by atoms with E-state index in [9.17, 15) is 0 Å². The van der Waals surface area contributed by atoms with Crippen LogP contribution in [0.3, 0.4) is 0 Å². The van der Waals surface area contributed by atoms with Crippen LogP contribution in [0.2, 0.25) is 0 Å². The molecule has 4 aromatic rings. The fourth-order valence-corrected chi connectivity index (χ4v) is 4.92. The highest BCUT2D eigenvalue weighted by molar-refractivity contribution is 7.80. The van der Waals surface area contributed by atoms with Crippen LogP contribution in [-0.2, 0) is 6.54 Å². The van der Waals surface area contributed by atoms with Crippen molar-refractivity contribution in [2.24, 2.45) is 0 Å². The normalized spacial score (nSPS) is 17.9. The van der Waals surface area contributed by atoms with Crippen molar-refractivity contribution in [1.82, 2.24) is 29.7 Å². The summed E-state index contributed by atoms with van der Waals surface area (Å²) in [6, 6.07) is 18.3. The van der Waals surface area contributed by atoms with Crippen molar-refractivity contribution in [2.75, 3.05) is 0 Å². The first-order valence-corrected chi connectivity index (χ1v) is 11.4. The van der Waals surface area contributed by atoms with E-state index >= 15 is 0 Å². The lowest BCUT2D eigenvalue weighted by atomic mass is 9.96. The Labute approximate surface area is 199 Å². The molecule has 5 heterocycles. The van der Waals surface area contributed by atoms with Crippen LogP contribution in [0, 0.1) is 20.8 Å². The van der Waals surface area contributed by atoms with Crippen LogP contribution in [-0.4, -0.2) is 29.5 Å². The number of aryl methyl sites for hydroxylation is 2. The maximum Gasteiger partial charge on any atom is 0.170 e. The Morgan fingerprint density at radius 1 is 0.939 bits per heavy atom. The first-order chi connectivity index (χ1) is 16.0. The molecule has 1 aliphatic heterocycles. The van der Waals surface area contributed by atoms with Crippen molar-refractivity contribution < 1.29 is 0 Å². The van der Waals surface area contributed by atoms with Crippen LogP contribution in [0.4, 0.5) is 0 Å². The third-order valence-electron chi connectivity index (χ3n) is 6.17. The molecule has 0 aromatic carbocycles. The van der Waals surface area contributed by atoms with Gasteiger partial charge >= 0.3 is 0 Å². The molecule has 0 radical (unpaired) electrons. The summed E-state index contributed by atoms with van der Waals surface area (Å²) in [5.74, 6) is 0.918. The smallest absolute Gasteiger partial charge is 0.170 e. The molecule has 1 fully saturated rings. The van der Waals surface area contributed by atoms with Gasteiger partial charge in [-0.1, -0.05) is 18.2 Å². The molecule has 5 rings (SSSR count). The summed E-state index contributed by atoms with van der Waals surface area (Å²) in [6.07, 6.45) is 5.56. The predicted molar refractivity (Wildman–Crippen MR) is 133 cm³/mol. The number of hydrogen-bond acceptors (Lipinski definition) is 4. The maximum absolute atomic E-state index is 5.82. The first kappa shape index (κ1) is 21.3. The lowest BCUT2D eigenvalue weighted by molar-refractivity contribution is 0.307. The largest absolute Gasteiger partial charge is 0.352 e. The number of nitrogens with zero attached hydrogens (tertiary/aromatic N) is 5. The van der Waals surface area contributed by atoms with E-state index in [4.69, 9.17) is 12.2 Å². The van der Waals surface area contributed by atoms with E-state index in [1.807, 2.05) is 48.9 Å². The second-order valence-corrected chi connectivity index (χ2v) is 8.82. The van der Waals surface area contributed by atoms with Crippen LogP contribution < -0.4 is 5.32 Å². The molecular weight excluding hydrogens is 428 g/mol. The van der Waals surface area contributed by atoms with Crippen LogP contribution in [0.5, 0.6) is 0 Å². The number of pyridine rings is 3. The zero-order valence-electron chi connectivity index (χ0n) is 18.9. The summed E-state index contributed by atoms with van der Waals surface area (Å²) in [5, 5.41) is 4.24. The molecule has 166 valence electrons. The van der Waals surface area contributed by atoms with E-state index < -0.39 is 0 Å². The third kappa shape index (κ3) is 4.00. The molecule has 7 heteroatoms. The molecular formula is C26H26N6S. The Morgan fingerprint density at radius 3 is 2.39 bits per heavy atom. The standard InChI is InChI=1S/C26H26N6S/c1-17-10-11-23(29-15-17)32-18(2)14-21(19(32)3)25-24(22-9-5-7-13-28-22)30-26(33)31(25)16-20-8-4-6-12-27-20/h4-15,24-25H,16H2,1-3H3,(H,30,33)/t24-,25+/m0/s1. The van der Waals surface area contributed by atoms with Crippen LogP contribution in [0.1, 0.15) is 46.0 Å². The summed E-state index contributed by atoms with van der Waals surface area (Å²) >= 11 is 5.82. The molecule has 6 nitrogen and oxygen atoms in total.